The van der Waals surface area contributed by atoms with Gasteiger partial charge in [0.2, 0.25) is 0 Å². The zero-order valence-corrected chi connectivity index (χ0v) is 12.3. The Morgan fingerprint density at radius 3 is 2.53 bits per heavy atom. The minimum absolute atomic E-state index is 0.251. The van der Waals surface area contributed by atoms with Gasteiger partial charge in [0.05, 0.1) is 10.6 Å². The van der Waals surface area contributed by atoms with Gasteiger partial charge in [-0.05, 0) is 25.0 Å². The van der Waals surface area contributed by atoms with Gasteiger partial charge in [-0.2, -0.15) is 0 Å². The molecule has 2 rings (SSSR count). The van der Waals surface area contributed by atoms with Gasteiger partial charge in [-0.15, -0.1) is 0 Å². The van der Waals surface area contributed by atoms with E-state index in [0.29, 0.717) is 22.3 Å². The summed E-state index contributed by atoms with van der Waals surface area (Å²) in [5, 5.41) is 11.4. The number of benzene rings is 1. The van der Waals surface area contributed by atoms with Crippen LogP contribution < -0.4 is 10.5 Å². The highest BCUT2D eigenvalue weighted by Crippen LogP contribution is 2.34. The number of rotatable bonds is 4. The van der Waals surface area contributed by atoms with Crippen molar-refractivity contribution in [1.29, 1.82) is 0 Å². The van der Waals surface area contributed by atoms with Crippen molar-refractivity contribution < 1.29 is 9.84 Å². The van der Waals surface area contributed by atoms with Crippen LogP contribution in [-0.4, -0.2) is 17.3 Å². The van der Waals surface area contributed by atoms with Gasteiger partial charge >= 0.3 is 0 Å². The van der Waals surface area contributed by atoms with E-state index < -0.39 is 5.60 Å². The van der Waals surface area contributed by atoms with Crippen molar-refractivity contribution in [3.05, 3.63) is 27.7 Å². The van der Waals surface area contributed by atoms with E-state index in [1.807, 2.05) is 0 Å². The first-order valence-electron chi connectivity index (χ1n) is 6.57. The molecule has 3 N–H and O–H groups in total. The number of ether oxygens (including phenoxy) is 1. The van der Waals surface area contributed by atoms with E-state index in [1.165, 1.54) is 6.42 Å². The maximum absolute atomic E-state index is 10.4. The second-order valence-electron chi connectivity index (χ2n) is 5.15. The largest absolute Gasteiger partial charge is 0.489 e. The van der Waals surface area contributed by atoms with Crippen molar-refractivity contribution in [2.75, 3.05) is 6.61 Å². The molecule has 0 bridgehead atoms. The van der Waals surface area contributed by atoms with Crippen LogP contribution in [0.4, 0.5) is 0 Å². The molecule has 0 amide bonds. The smallest absolute Gasteiger partial charge is 0.142 e. The fourth-order valence-electron chi connectivity index (χ4n) is 2.49. The Hall–Kier alpha value is -0.480. The van der Waals surface area contributed by atoms with Crippen molar-refractivity contribution in [2.45, 2.75) is 44.2 Å². The van der Waals surface area contributed by atoms with Crippen molar-refractivity contribution in [3.8, 4) is 5.75 Å². The highest BCUT2D eigenvalue weighted by Gasteiger charge is 2.30. The SMILES string of the molecule is NCc1cc(Cl)cc(Cl)c1OCC1(O)CCCCC1. The first-order chi connectivity index (χ1) is 9.04. The molecule has 5 heteroatoms. The van der Waals surface area contributed by atoms with E-state index in [0.717, 1.165) is 31.2 Å². The van der Waals surface area contributed by atoms with Crippen LogP contribution >= 0.6 is 23.2 Å². The molecule has 106 valence electrons. The van der Waals surface area contributed by atoms with Crippen LogP contribution in [-0.2, 0) is 6.54 Å². The molecule has 1 aliphatic rings. The molecule has 1 saturated carbocycles. The molecular weight excluding hydrogens is 285 g/mol. The third-order valence-corrected chi connectivity index (χ3v) is 4.07. The van der Waals surface area contributed by atoms with E-state index in [9.17, 15) is 5.11 Å². The van der Waals surface area contributed by atoms with E-state index >= 15 is 0 Å². The molecule has 1 aliphatic carbocycles. The topological polar surface area (TPSA) is 55.5 Å². The van der Waals surface area contributed by atoms with Gasteiger partial charge in [-0.1, -0.05) is 42.5 Å². The third kappa shape index (κ3) is 3.76. The highest BCUT2D eigenvalue weighted by molar-refractivity contribution is 6.35. The Morgan fingerprint density at radius 2 is 1.89 bits per heavy atom. The van der Waals surface area contributed by atoms with Gasteiger partial charge in [0.25, 0.3) is 0 Å². The molecule has 0 heterocycles. The predicted octanol–water partition coefficient (Wildman–Crippen LogP) is 3.53. The van der Waals surface area contributed by atoms with Crippen LogP contribution in [0.15, 0.2) is 12.1 Å². The van der Waals surface area contributed by atoms with E-state index in [1.54, 1.807) is 12.1 Å². The summed E-state index contributed by atoms with van der Waals surface area (Å²) in [4.78, 5) is 0. The average Bonchev–Trinajstić information content (AvgIpc) is 2.37. The lowest BCUT2D eigenvalue weighted by molar-refractivity contribution is -0.0340. The van der Waals surface area contributed by atoms with Crippen LogP contribution in [0.5, 0.6) is 5.75 Å². The molecule has 0 aliphatic heterocycles. The summed E-state index contributed by atoms with van der Waals surface area (Å²) in [5.41, 5.74) is 5.69. The molecule has 1 aromatic rings. The Labute approximate surface area is 123 Å². The lowest BCUT2D eigenvalue weighted by atomic mass is 9.85. The first-order valence-corrected chi connectivity index (χ1v) is 7.33. The van der Waals surface area contributed by atoms with Crippen LogP contribution in [0, 0.1) is 0 Å². The Kier molecular flexibility index (Phi) is 4.96. The molecule has 19 heavy (non-hydrogen) atoms. The van der Waals surface area contributed by atoms with Crippen molar-refractivity contribution >= 4 is 23.2 Å². The summed E-state index contributed by atoms with van der Waals surface area (Å²) in [5.74, 6) is 0.535. The summed E-state index contributed by atoms with van der Waals surface area (Å²) >= 11 is 12.1. The molecule has 0 spiro atoms. The maximum atomic E-state index is 10.4. The molecule has 0 atom stereocenters. The van der Waals surface area contributed by atoms with Crippen LogP contribution in [0.25, 0.3) is 0 Å². The average molecular weight is 304 g/mol. The fourth-order valence-corrected chi connectivity index (χ4v) is 3.08. The summed E-state index contributed by atoms with van der Waals surface area (Å²) < 4.78 is 5.74. The molecule has 0 unspecified atom stereocenters. The number of hydrogen-bond acceptors (Lipinski definition) is 3. The third-order valence-electron chi connectivity index (χ3n) is 3.57. The second-order valence-corrected chi connectivity index (χ2v) is 6.00. The molecule has 0 radical (unpaired) electrons. The Bertz CT molecular complexity index is 445. The number of hydrogen-bond donors (Lipinski definition) is 2. The Balaban J connectivity index is 2.10. The van der Waals surface area contributed by atoms with Crippen LogP contribution in [0.1, 0.15) is 37.7 Å². The minimum atomic E-state index is -0.743. The molecule has 1 aromatic carbocycles. The van der Waals surface area contributed by atoms with Gasteiger partial charge in [0.1, 0.15) is 12.4 Å². The number of nitrogens with two attached hydrogens (primary N) is 1. The van der Waals surface area contributed by atoms with Crippen molar-refractivity contribution in [2.24, 2.45) is 5.73 Å². The number of halogens is 2. The molecule has 0 saturated heterocycles. The van der Waals surface area contributed by atoms with E-state index in [-0.39, 0.29) is 6.61 Å². The lowest BCUT2D eigenvalue weighted by Gasteiger charge is -2.32. The molecule has 3 nitrogen and oxygen atoms in total. The minimum Gasteiger partial charge on any atom is -0.489 e. The summed E-state index contributed by atoms with van der Waals surface area (Å²) in [6, 6.07) is 3.37. The normalized spacial score (nSPS) is 18.3. The van der Waals surface area contributed by atoms with Gasteiger partial charge < -0.3 is 15.6 Å². The van der Waals surface area contributed by atoms with Crippen LogP contribution in [0.2, 0.25) is 10.0 Å². The fraction of sp³-hybridized carbons (Fsp3) is 0.571. The van der Waals surface area contributed by atoms with Crippen molar-refractivity contribution in [3.63, 3.8) is 0 Å². The van der Waals surface area contributed by atoms with E-state index in [2.05, 4.69) is 0 Å². The lowest BCUT2D eigenvalue weighted by Crippen LogP contribution is -2.38. The van der Waals surface area contributed by atoms with Gasteiger partial charge in [-0.25, -0.2) is 0 Å². The predicted molar refractivity (Wildman–Crippen MR) is 77.9 cm³/mol. The Morgan fingerprint density at radius 1 is 1.21 bits per heavy atom. The monoisotopic (exact) mass is 303 g/mol. The second kappa shape index (κ2) is 6.31. The molecule has 1 fully saturated rings. The maximum Gasteiger partial charge on any atom is 0.142 e. The first kappa shape index (κ1) is 14.9. The highest BCUT2D eigenvalue weighted by atomic mass is 35.5. The standard InChI is InChI=1S/C14H19Cl2NO2/c15-11-6-10(8-17)13(12(16)7-11)19-9-14(18)4-2-1-3-5-14/h6-7,18H,1-5,8-9,17H2. The summed E-state index contributed by atoms with van der Waals surface area (Å²) in [6.45, 7) is 0.551. The number of aliphatic hydroxyl groups is 1. The summed E-state index contributed by atoms with van der Waals surface area (Å²) in [7, 11) is 0. The molecular formula is C14H19Cl2NO2. The van der Waals surface area contributed by atoms with E-state index in [4.69, 9.17) is 33.7 Å². The van der Waals surface area contributed by atoms with Gasteiger partial charge in [0, 0.05) is 17.1 Å². The molecule has 0 aromatic heterocycles. The van der Waals surface area contributed by atoms with Gasteiger partial charge in [0.15, 0.2) is 0 Å². The zero-order chi connectivity index (χ0) is 13.9. The van der Waals surface area contributed by atoms with Gasteiger partial charge in [-0.3, -0.25) is 0 Å². The van der Waals surface area contributed by atoms with Crippen LogP contribution in [0.3, 0.4) is 0 Å². The van der Waals surface area contributed by atoms with Crippen molar-refractivity contribution in [1.82, 2.24) is 0 Å². The zero-order valence-electron chi connectivity index (χ0n) is 10.8. The summed E-state index contributed by atoms with van der Waals surface area (Å²) in [6.07, 6.45) is 4.81. The quantitative estimate of drug-likeness (QED) is 0.894.